The quantitative estimate of drug-likeness (QED) is 0.261. The van der Waals surface area contributed by atoms with E-state index in [1.807, 2.05) is 31.2 Å². The molecule has 10 nitrogen and oxygen atoms in total. The normalized spacial score (nSPS) is 11.1. The number of hydrogen-bond acceptors (Lipinski definition) is 9. The van der Waals surface area contributed by atoms with Crippen LogP contribution in [0.1, 0.15) is 18.5 Å². The molecule has 0 spiro atoms. The largest absolute Gasteiger partial charge is 0.383 e. The Balaban J connectivity index is 1.27. The molecule has 10 heteroatoms. The fourth-order valence-electron chi connectivity index (χ4n) is 3.02. The molecule has 148 valence electrons. The highest BCUT2D eigenvalue weighted by Gasteiger charge is 2.19. The number of anilines is 2. The molecular weight excluding hydrogens is 374 g/mol. The Labute approximate surface area is 165 Å². The molecule has 0 unspecified atom stereocenters. The summed E-state index contributed by atoms with van der Waals surface area (Å²) in [5, 5.41) is 26.0. The van der Waals surface area contributed by atoms with Gasteiger partial charge in [-0.3, -0.25) is 10.1 Å². The molecule has 0 aliphatic carbocycles. The van der Waals surface area contributed by atoms with E-state index in [2.05, 4.69) is 35.5 Å². The predicted octanol–water partition coefficient (Wildman–Crippen LogP) is 3.69. The molecule has 0 saturated heterocycles. The topological polar surface area (TPSA) is 132 Å². The summed E-state index contributed by atoms with van der Waals surface area (Å²) in [5.41, 5.74) is 2.73. The molecule has 29 heavy (non-hydrogen) atoms. The standard InChI is InChI=1S/C19H19N7O3/c1-12-4-5-13-6-9-16(23-19(13)22-12)21-11-3-2-10-20-14-7-8-15(26(27)28)18-17(14)24-29-25-18/h4-9,20H,2-3,10-11H2,1H3,(H,21,22,23). The van der Waals surface area contributed by atoms with Gasteiger partial charge >= 0.3 is 5.69 Å². The minimum absolute atomic E-state index is 0.122. The first-order valence-electron chi connectivity index (χ1n) is 9.23. The number of non-ortho nitro benzene ring substituents is 1. The zero-order valence-corrected chi connectivity index (χ0v) is 15.8. The summed E-state index contributed by atoms with van der Waals surface area (Å²) < 4.78 is 4.66. The van der Waals surface area contributed by atoms with Crippen molar-refractivity contribution in [1.82, 2.24) is 20.3 Å². The van der Waals surface area contributed by atoms with Crippen LogP contribution in [0.5, 0.6) is 0 Å². The molecule has 4 rings (SSSR count). The van der Waals surface area contributed by atoms with Crippen molar-refractivity contribution in [3.63, 3.8) is 0 Å². The summed E-state index contributed by atoms with van der Waals surface area (Å²) in [4.78, 5) is 19.5. The first-order chi connectivity index (χ1) is 14.1. The molecule has 0 fully saturated rings. The number of unbranched alkanes of at least 4 members (excludes halogenated alkanes) is 1. The third-order valence-electron chi connectivity index (χ3n) is 4.51. The van der Waals surface area contributed by atoms with E-state index < -0.39 is 4.92 Å². The molecule has 0 aliphatic heterocycles. The van der Waals surface area contributed by atoms with Gasteiger partial charge in [0, 0.05) is 30.2 Å². The SMILES string of the molecule is Cc1ccc2ccc(NCCCCNc3ccc([N+](=O)[O-])c4nonc34)nc2n1. The molecule has 0 saturated carbocycles. The van der Waals surface area contributed by atoms with Crippen molar-refractivity contribution < 1.29 is 9.55 Å². The number of nitro groups is 1. The Morgan fingerprint density at radius 2 is 1.72 bits per heavy atom. The zero-order chi connectivity index (χ0) is 20.2. The number of nitro benzene ring substituents is 1. The van der Waals surface area contributed by atoms with E-state index in [1.54, 1.807) is 6.07 Å². The average molecular weight is 393 g/mol. The Kier molecular flexibility index (Phi) is 5.14. The van der Waals surface area contributed by atoms with Gasteiger partial charge in [-0.15, -0.1) is 0 Å². The molecule has 4 aromatic rings. The van der Waals surface area contributed by atoms with Crippen LogP contribution < -0.4 is 10.6 Å². The highest BCUT2D eigenvalue weighted by atomic mass is 16.6. The number of benzene rings is 1. The van der Waals surface area contributed by atoms with Gasteiger partial charge in [-0.05, 0) is 60.4 Å². The van der Waals surface area contributed by atoms with Gasteiger partial charge in [-0.25, -0.2) is 14.6 Å². The van der Waals surface area contributed by atoms with Crippen LogP contribution in [0.2, 0.25) is 0 Å². The summed E-state index contributed by atoms with van der Waals surface area (Å²) in [6.45, 7) is 3.41. The van der Waals surface area contributed by atoms with Crippen molar-refractivity contribution in [3.05, 3.63) is 52.2 Å². The summed E-state index contributed by atoms with van der Waals surface area (Å²) in [6.07, 6.45) is 1.81. The van der Waals surface area contributed by atoms with Gasteiger partial charge < -0.3 is 10.6 Å². The lowest BCUT2D eigenvalue weighted by atomic mass is 10.2. The number of nitrogens with one attached hydrogen (secondary N) is 2. The Morgan fingerprint density at radius 3 is 2.55 bits per heavy atom. The second-order valence-electron chi connectivity index (χ2n) is 6.61. The van der Waals surface area contributed by atoms with Crippen molar-refractivity contribution in [1.29, 1.82) is 0 Å². The molecule has 0 radical (unpaired) electrons. The smallest absolute Gasteiger partial charge is 0.300 e. The second kappa shape index (κ2) is 8.05. The zero-order valence-electron chi connectivity index (χ0n) is 15.8. The van der Waals surface area contributed by atoms with Gasteiger partial charge in [0.05, 0.1) is 10.6 Å². The predicted molar refractivity (Wildman–Crippen MR) is 109 cm³/mol. The van der Waals surface area contributed by atoms with Gasteiger partial charge in [0.2, 0.25) is 5.52 Å². The molecule has 0 amide bonds. The highest BCUT2D eigenvalue weighted by molar-refractivity contribution is 5.93. The van der Waals surface area contributed by atoms with Crippen molar-refractivity contribution in [3.8, 4) is 0 Å². The fourth-order valence-corrected chi connectivity index (χ4v) is 3.02. The molecule has 0 bridgehead atoms. The lowest BCUT2D eigenvalue weighted by Gasteiger charge is -2.08. The van der Waals surface area contributed by atoms with E-state index >= 15 is 0 Å². The maximum absolute atomic E-state index is 11.0. The van der Waals surface area contributed by atoms with Crippen LogP contribution in [-0.4, -0.2) is 38.3 Å². The van der Waals surface area contributed by atoms with Crippen LogP contribution in [0.3, 0.4) is 0 Å². The van der Waals surface area contributed by atoms with Crippen molar-refractivity contribution in [2.24, 2.45) is 0 Å². The first-order valence-corrected chi connectivity index (χ1v) is 9.23. The van der Waals surface area contributed by atoms with Crippen molar-refractivity contribution in [2.75, 3.05) is 23.7 Å². The van der Waals surface area contributed by atoms with Crippen LogP contribution in [0.15, 0.2) is 41.0 Å². The monoisotopic (exact) mass is 393 g/mol. The van der Waals surface area contributed by atoms with Crippen molar-refractivity contribution >= 4 is 39.3 Å². The lowest BCUT2D eigenvalue weighted by molar-refractivity contribution is -0.383. The number of pyridine rings is 2. The molecule has 3 aromatic heterocycles. The fraction of sp³-hybridized carbons (Fsp3) is 0.263. The number of rotatable bonds is 8. The van der Waals surface area contributed by atoms with Crippen molar-refractivity contribution in [2.45, 2.75) is 19.8 Å². The molecule has 3 heterocycles. The maximum Gasteiger partial charge on any atom is 0.300 e. The number of aromatic nitrogens is 4. The number of hydrogen-bond donors (Lipinski definition) is 2. The van der Waals surface area contributed by atoms with E-state index in [0.29, 0.717) is 17.7 Å². The second-order valence-corrected chi connectivity index (χ2v) is 6.61. The average Bonchev–Trinajstić information content (AvgIpc) is 3.20. The van der Waals surface area contributed by atoms with E-state index in [9.17, 15) is 10.1 Å². The van der Waals surface area contributed by atoms with Gasteiger partial charge in [-0.2, -0.15) is 0 Å². The summed E-state index contributed by atoms with van der Waals surface area (Å²) in [5.74, 6) is 0.800. The van der Waals surface area contributed by atoms with Crippen LogP contribution in [0, 0.1) is 17.0 Å². The maximum atomic E-state index is 11.0. The van der Waals surface area contributed by atoms with Gasteiger partial charge in [0.15, 0.2) is 11.2 Å². The highest BCUT2D eigenvalue weighted by Crippen LogP contribution is 2.28. The number of aryl methyl sites for hydroxylation is 1. The Morgan fingerprint density at radius 1 is 0.966 bits per heavy atom. The van der Waals surface area contributed by atoms with E-state index in [0.717, 1.165) is 41.9 Å². The first kappa shape index (κ1) is 18.5. The third-order valence-corrected chi connectivity index (χ3v) is 4.51. The number of nitrogens with zero attached hydrogens (tertiary/aromatic N) is 5. The number of fused-ring (bicyclic) bond motifs is 2. The van der Waals surface area contributed by atoms with Gasteiger partial charge in [0.1, 0.15) is 5.82 Å². The van der Waals surface area contributed by atoms with Gasteiger partial charge in [-0.1, -0.05) is 0 Å². The summed E-state index contributed by atoms with van der Waals surface area (Å²) in [7, 11) is 0. The van der Waals surface area contributed by atoms with E-state index in [-0.39, 0.29) is 11.2 Å². The molecule has 1 aromatic carbocycles. The lowest BCUT2D eigenvalue weighted by Crippen LogP contribution is -2.08. The van der Waals surface area contributed by atoms with Crippen LogP contribution in [0.25, 0.3) is 22.1 Å². The minimum atomic E-state index is -0.500. The van der Waals surface area contributed by atoms with E-state index in [1.165, 1.54) is 6.07 Å². The summed E-state index contributed by atoms with van der Waals surface area (Å²) in [6, 6.07) is 11.0. The van der Waals surface area contributed by atoms with Crippen LogP contribution >= 0.6 is 0 Å². The Hall–Kier alpha value is -3.82. The minimum Gasteiger partial charge on any atom is -0.383 e. The Bertz CT molecular complexity index is 1180. The molecule has 2 N–H and O–H groups in total. The van der Waals surface area contributed by atoms with Crippen LogP contribution in [0.4, 0.5) is 17.2 Å². The van der Waals surface area contributed by atoms with E-state index in [4.69, 9.17) is 0 Å². The van der Waals surface area contributed by atoms with Gasteiger partial charge in [0.25, 0.3) is 0 Å². The molecule has 0 atom stereocenters. The third kappa shape index (κ3) is 4.05. The molecule has 0 aliphatic rings. The summed E-state index contributed by atoms with van der Waals surface area (Å²) >= 11 is 0. The molecular formula is C19H19N7O3. The van der Waals surface area contributed by atoms with Crippen LogP contribution in [-0.2, 0) is 0 Å².